The van der Waals surface area contributed by atoms with E-state index in [2.05, 4.69) is 9.97 Å². The quantitative estimate of drug-likeness (QED) is 0.559. The molecule has 25 heavy (non-hydrogen) atoms. The minimum absolute atomic E-state index is 0.449. The van der Waals surface area contributed by atoms with E-state index in [1.807, 2.05) is 66.7 Å². The first-order chi connectivity index (χ1) is 12.3. The molecule has 2 aromatic carbocycles. The van der Waals surface area contributed by atoms with Crippen LogP contribution < -0.4 is 9.57 Å². The van der Waals surface area contributed by atoms with Gasteiger partial charge in [0.15, 0.2) is 11.5 Å². The summed E-state index contributed by atoms with van der Waals surface area (Å²) in [5.41, 5.74) is 3.52. The maximum absolute atomic E-state index is 6.07. The lowest BCUT2D eigenvalue weighted by atomic mass is 10.2. The number of hydrogen-bond acceptors (Lipinski definition) is 4. The number of aromatic nitrogens is 3. The Morgan fingerprint density at radius 3 is 2.48 bits per heavy atom. The van der Waals surface area contributed by atoms with Gasteiger partial charge in [-0.1, -0.05) is 30.3 Å². The van der Waals surface area contributed by atoms with Crippen LogP contribution in [0.2, 0.25) is 0 Å². The SMILES string of the molecule is COc1ccc(-c2nc3ncccc3n2OCc2ccccc2)cc1. The van der Waals surface area contributed by atoms with Gasteiger partial charge >= 0.3 is 0 Å². The molecular weight excluding hydrogens is 314 g/mol. The fourth-order valence-corrected chi connectivity index (χ4v) is 2.66. The van der Waals surface area contributed by atoms with Gasteiger partial charge in [-0.3, -0.25) is 0 Å². The Kier molecular flexibility index (Phi) is 4.04. The number of imidazole rings is 1. The first kappa shape index (κ1) is 15.2. The molecule has 0 spiro atoms. The van der Waals surface area contributed by atoms with Gasteiger partial charge < -0.3 is 9.57 Å². The Bertz CT molecular complexity index is 979. The van der Waals surface area contributed by atoms with Crippen LogP contribution in [0.1, 0.15) is 5.56 Å². The van der Waals surface area contributed by atoms with Crippen LogP contribution in [-0.2, 0) is 6.61 Å². The molecule has 2 aromatic heterocycles. The molecule has 0 aliphatic carbocycles. The summed E-state index contributed by atoms with van der Waals surface area (Å²) in [6.07, 6.45) is 1.73. The maximum atomic E-state index is 6.07. The monoisotopic (exact) mass is 331 g/mol. The van der Waals surface area contributed by atoms with Crippen molar-refractivity contribution in [1.82, 2.24) is 14.7 Å². The number of benzene rings is 2. The summed E-state index contributed by atoms with van der Waals surface area (Å²) in [4.78, 5) is 15.0. The highest BCUT2D eigenvalue weighted by Crippen LogP contribution is 2.25. The number of fused-ring (bicyclic) bond motifs is 1. The van der Waals surface area contributed by atoms with Crippen LogP contribution in [-0.4, -0.2) is 21.8 Å². The molecule has 0 unspecified atom stereocenters. The van der Waals surface area contributed by atoms with Crippen molar-refractivity contribution in [3.63, 3.8) is 0 Å². The molecule has 0 amide bonds. The Hall–Kier alpha value is -3.34. The maximum Gasteiger partial charge on any atom is 0.181 e. The number of ether oxygens (including phenoxy) is 1. The number of hydrogen-bond donors (Lipinski definition) is 0. The lowest BCUT2D eigenvalue weighted by molar-refractivity contribution is 0.110. The molecule has 124 valence electrons. The van der Waals surface area contributed by atoms with Crippen molar-refractivity contribution >= 4 is 11.2 Å². The fraction of sp³-hybridized carbons (Fsp3) is 0.100. The van der Waals surface area contributed by atoms with Gasteiger partial charge in [0.2, 0.25) is 0 Å². The molecule has 5 nitrogen and oxygen atoms in total. The average molecular weight is 331 g/mol. The smallest absolute Gasteiger partial charge is 0.181 e. The topological polar surface area (TPSA) is 49.2 Å². The molecule has 4 aromatic rings. The predicted octanol–water partition coefficient (Wildman–Crippen LogP) is 3.74. The highest BCUT2D eigenvalue weighted by molar-refractivity contribution is 5.76. The molecule has 0 aliphatic heterocycles. The first-order valence-electron chi connectivity index (χ1n) is 8.00. The standard InChI is InChI=1S/C20H17N3O2/c1-24-17-11-9-16(10-12-17)20-22-19-18(8-5-13-21-19)23(20)25-14-15-6-3-2-4-7-15/h2-13H,14H2,1H3. The average Bonchev–Trinajstić information content (AvgIpc) is 3.06. The van der Waals surface area contributed by atoms with Crippen LogP contribution in [0.4, 0.5) is 0 Å². The van der Waals surface area contributed by atoms with E-state index in [1.165, 1.54) is 0 Å². The van der Waals surface area contributed by atoms with Crippen molar-refractivity contribution in [1.29, 1.82) is 0 Å². The van der Waals surface area contributed by atoms with E-state index in [0.717, 1.165) is 22.4 Å². The van der Waals surface area contributed by atoms with Crippen molar-refractivity contribution in [2.75, 3.05) is 7.11 Å². The summed E-state index contributed by atoms with van der Waals surface area (Å²) in [7, 11) is 1.65. The third-order valence-electron chi connectivity index (χ3n) is 3.94. The van der Waals surface area contributed by atoms with E-state index in [-0.39, 0.29) is 0 Å². The molecular formula is C20H17N3O2. The van der Waals surface area contributed by atoms with Crippen molar-refractivity contribution < 1.29 is 9.57 Å². The van der Waals surface area contributed by atoms with Crippen molar-refractivity contribution in [2.45, 2.75) is 6.61 Å². The number of pyridine rings is 1. The Morgan fingerprint density at radius 1 is 0.920 bits per heavy atom. The van der Waals surface area contributed by atoms with Crippen LogP contribution in [0, 0.1) is 0 Å². The highest BCUT2D eigenvalue weighted by Gasteiger charge is 2.14. The third-order valence-corrected chi connectivity index (χ3v) is 3.94. The molecule has 0 bridgehead atoms. The van der Waals surface area contributed by atoms with Gasteiger partial charge in [0.05, 0.1) is 7.11 Å². The second-order valence-electron chi connectivity index (χ2n) is 5.56. The van der Waals surface area contributed by atoms with Gasteiger partial charge in [-0.15, -0.1) is 0 Å². The van der Waals surface area contributed by atoms with Crippen LogP contribution >= 0.6 is 0 Å². The molecule has 0 saturated heterocycles. The zero-order chi connectivity index (χ0) is 17.1. The van der Waals surface area contributed by atoms with Gasteiger partial charge in [-0.25, -0.2) is 9.97 Å². The third kappa shape index (κ3) is 3.04. The largest absolute Gasteiger partial charge is 0.497 e. The summed E-state index contributed by atoms with van der Waals surface area (Å²) in [6, 6.07) is 21.6. The molecule has 0 N–H and O–H groups in total. The van der Waals surface area contributed by atoms with Gasteiger partial charge in [0.1, 0.15) is 17.9 Å². The highest BCUT2D eigenvalue weighted by atomic mass is 16.7. The van der Waals surface area contributed by atoms with Crippen LogP contribution in [0.15, 0.2) is 72.9 Å². The summed E-state index contributed by atoms with van der Waals surface area (Å²) in [5, 5.41) is 0. The Balaban J connectivity index is 1.74. The van der Waals surface area contributed by atoms with Gasteiger partial charge in [0, 0.05) is 11.8 Å². The van der Waals surface area contributed by atoms with Crippen LogP contribution in [0.25, 0.3) is 22.6 Å². The van der Waals surface area contributed by atoms with Crippen molar-refractivity contribution in [3.8, 4) is 17.1 Å². The normalized spacial score (nSPS) is 10.8. The second kappa shape index (κ2) is 6.65. The summed E-state index contributed by atoms with van der Waals surface area (Å²) < 4.78 is 6.98. The second-order valence-corrected chi connectivity index (χ2v) is 5.56. The van der Waals surface area contributed by atoms with Gasteiger partial charge in [0.25, 0.3) is 0 Å². The van der Waals surface area contributed by atoms with Crippen LogP contribution in [0.5, 0.6) is 5.75 Å². The van der Waals surface area contributed by atoms with E-state index in [9.17, 15) is 0 Å². The Labute approximate surface area is 145 Å². The van der Waals surface area contributed by atoms with Gasteiger partial charge in [-0.2, -0.15) is 4.73 Å². The lowest BCUT2D eigenvalue weighted by Gasteiger charge is -2.11. The minimum Gasteiger partial charge on any atom is -0.497 e. The number of methoxy groups -OCH3 is 1. The zero-order valence-corrected chi connectivity index (χ0v) is 13.8. The molecule has 4 rings (SSSR count). The first-order valence-corrected chi connectivity index (χ1v) is 8.00. The van der Waals surface area contributed by atoms with Crippen molar-refractivity contribution in [2.24, 2.45) is 0 Å². The lowest BCUT2D eigenvalue weighted by Crippen LogP contribution is -2.12. The number of rotatable bonds is 5. The molecule has 0 aliphatic rings. The number of nitrogens with zero attached hydrogens (tertiary/aromatic N) is 3. The van der Waals surface area contributed by atoms with Crippen LogP contribution in [0.3, 0.4) is 0 Å². The minimum atomic E-state index is 0.449. The summed E-state index contributed by atoms with van der Waals surface area (Å²) in [5.74, 6) is 1.52. The molecule has 0 fully saturated rings. The predicted molar refractivity (Wildman–Crippen MR) is 96.2 cm³/mol. The summed E-state index contributed by atoms with van der Waals surface area (Å²) in [6.45, 7) is 0.449. The van der Waals surface area contributed by atoms with E-state index in [0.29, 0.717) is 18.1 Å². The molecule has 0 atom stereocenters. The van der Waals surface area contributed by atoms with E-state index in [4.69, 9.17) is 9.57 Å². The molecule has 0 saturated carbocycles. The van der Waals surface area contributed by atoms with Gasteiger partial charge in [-0.05, 0) is 42.0 Å². The van der Waals surface area contributed by atoms with E-state index >= 15 is 0 Å². The molecule has 2 heterocycles. The fourth-order valence-electron chi connectivity index (χ4n) is 2.66. The molecule has 0 radical (unpaired) electrons. The summed E-state index contributed by atoms with van der Waals surface area (Å²) >= 11 is 0. The Morgan fingerprint density at radius 2 is 1.72 bits per heavy atom. The van der Waals surface area contributed by atoms with Crippen molar-refractivity contribution in [3.05, 3.63) is 78.5 Å². The van der Waals surface area contributed by atoms with E-state index in [1.54, 1.807) is 18.0 Å². The van der Waals surface area contributed by atoms with E-state index < -0.39 is 0 Å². The zero-order valence-electron chi connectivity index (χ0n) is 13.8. The molecule has 5 heteroatoms.